The molecule has 39 heavy (non-hydrogen) atoms. The molecular formula is C32H34ClNO5. The number of benzene rings is 4. The third-order valence-corrected chi connectivity index (χ3v) is 6.04. The van der Waals surface area contributed by atoms with Crippen molar-refractivity contribution in [2.45, 2.75) is 25.9 Å². The number of methoxy groups -OCH3 is 2. The van der Waals surface area contributed by atoms with E-state index >= 15 is 0 Å². The lowest BCUT2D eigenvalue weighted by atomic mass is 10.1. The summed E-state index contributed by atoms with van der Waals surface area (Å²) < 4.78 is 23.3. The Morgan fingerprint density at radius 2 is 1.28 bits per heavy atom. The van der Waals surface area contributed by atoms with Crippen molar-refractivity contribution in [3.8, 4) is 17.2 Å². The summed E-state index contributed by atoms with van der Waals surface area (Å²) in [4.78, 5) is 13.2. The Morgan fingerprint density at radius 3 is 1.87 bits per heavy atom. The molecule has 0 radical (unpaired) electrons. The van der Waals surface area contributed by atoms with Gasteiger partial charge < -0.3 is 18.9 Å². The zero-order valence-electron chi connectivity index (χ0n) is 22.2. The number of carbonyl (C=O) groups excluding carboxylic acids is 1. The van der Waals surface area contributed by atoms with Gasteiger partial charge in [-0.3, -0.25) is 10.1 Å². The number of Topliss-reactive ketones (excluding diaryl/α,β-unsaturated/α-hetero) is 1. The van der Waals surface area contributed by atoms with Gasteiger partial charge in [-0.2, -0.15) is 0 Å². The first kappa shape index (κ1) is 29.7. The molecule has 6 nitrogen and oxygen atoms in total. The van der Waals surface area contributed by atoms with E-state index in [4.69, 9.17) is 18.9 Å². The average Bonchev–Trinajstić information content (AvgIpc) is 2.98. The molecule has 0 saturated heterocycles. The molecule has 1 atom stereocenters. The molecule has 1 unspecified atom stereocenters. The van der Waals surface area contributed by atoms with Gasteiger partial charge in [0.1, 0.15) is 6.61 Å². The van der Waals surface area contributed by atoms with Crippen molar-refractivity contribution >= 4 is 18.2 Å². The molecule has 1 N–H and O–H groups in total. The molecule has 0 aromatic heterocycles. The molecule has 0 heterocycles. The third kappa shape index (κ3) is 8.58. The van der Waals surface area contributed by atoms with E-state index in [1.165, 1.54) is 0 Å². The van der Waals surface area contributed by atoms with Crippen molar-refractivity contribution in [3.05, 3.63) is 125 Å². The fraction of sp³-hybridized carbons (Fsp3) is 0.219. The summed E-state index contributed by atoms with van der Waals surface area (Å²) in [6, 6.07) is 32.8. The van der Waals surface area contributed by atoms with E-state index in [0.717, 1.165) is 16.7 Å². The first-order chi connectivity index (χ1) is 18.7. The Balaban J connectivity index is 0.00000420. The van der Waals surface area contributed by atoms with Gasteiger partial charge in [0.2, 0.25) is 11.5 Å². The van der Waals surface area contributed by atoms with Crippen LogP contribution >= 0.6 is 12.4 Å². The van der Waals surface area contributed by atoms with Crippen molar-refractivity contribution < 1.29 is 23.7 Å². The number of nitrogens with one attached hydrogen (secondary N) is 1. The number of ketones is 1. The molecule has 0 amide bonds. The summed E-state index contributed by atoms with van der Waals surface area (Å²) in [5.41, 5.74) is 3.63. The van der Waals surface area contributed by atoms with Gasteiger partial charge >= 0.3 is 0 Å². The Labute approximate surface area is 236 Å². The molecule has 0 bridgehead atoms. The zero-order valence-corrected chi connectivity index (χ0v) is 23.0. The minimum Gasteiger partial charge on any atom is -0.493 e. The van der Waals surface area contributed by atoms with Crippen LogP contribution in [0.4, 0.5) is 0 Å². The molecule has 0 fully saturated rings. The third-order valence-electron chi connectivity index (χ3n) is 6.04. The van der Waals surface area contributed by atoms with Crippen LogP contribution in [-0.4, -0.2) is 32.8 Å². The Hall–Kier alpha value is -3.84. The maximum Gasteiger partial charge on any atom is 0.206 e. The van der Waals surface area contributed by atoms with E-state index in [0.29, 0.717) is 49.0 Å². The highest BCUT2D eigenvalue weighted by atomic mass is 35.5. The summed E-state index contributed by atoms with van der Waals surface area (Å²) >= 11 is 0. The van der Waals surface area contributed by atoms with E-state index in [-0.39, 0.29) is 18.2 Å². The molecule has 0 spiro atoms. The highest BCUT2D eigenvalue weighted by Gasteiger charge is 2.21. The molecule has 0 aliphatic carbocycles. The molecule has 204 valence electrons. The average molecular weight is 548 g/mol. The predicted octanol–water partition coefficient (Wildman–Crippen LogP) is 6.26. The first-order valence-corrected chi connectivity index (χ1v) is 12.6. The zero-order chi connectivity index (χ0) is 26.6. The number of carbonyl (C=O) groups is 1. The van der Waals surface area contributed by atoms with Crippen LogP contribution in [-0.2, 0) is 24.4 Å². The fourth-order valence-electron chi connectivity index (χ4n) is 4.05. The quantitative estimate of drug-likeness (QED) is 0.148. The van der Waals surface area contributed by atoms with Crippen LogP contribution < -0.4 is 19.5 Å². The summed E-state index contributed by atoms with van der Waals surface area (Å²) in [6.07, 6.45) is -0.165. The maximum absolute atomic E-state index is 13.2. The lowest BCUT2D eigenvalue weighted by Gasteiger charge is -2.20. The van der Waals surface area contributed by atoms with E-state index in [9.17, 15) is 4.79 Å². The number of ether oxygens (including phenoxy) is 4. The van der Waals surface area contributed by atoms with E-state index < -0.39 is 6.23 Å². The van der Waals surface area contributed by atoms with Crippen molar-refractivity contribution in [2.75, 3.05) is 20.8 Å². The topological polar surface area (TPSA) is 66.0 Å². The molecular weight excluding hydrogens is 514 g/mol. The number of hydrogen-bond donors (Lipinski definition) is 1. The van der Waals surface area contributed by atoms with Crippen LogP contribution in [0.25, 0.3) is 0 Å². The van der Waals surface area contributed by atoms with Gasteiger partial charge in [-0.05, 0) is 35.2 Å². The van der Waals surface area contributed by atoms with Gasteiger partial charge in [-0.1, -0.05) is 91.0 Å². The summed E-state index contributed by atoms with van der Waals surface area (Å²) in [5, 5.41) is 3.30. The van der Waals surface area contributed by atoms with Gasteiger partial charge in [-0.25, -0.2) is 0 Å². The molecule has 7 heteroatoms. The number of rotatable bonds is 14. The highest BCUT2D eigenvalue weighted by molar-refractivity contribution is 5.99. The Kier molecular flexibility index (Phi) is 11.8. The van der Waals surface area contributed by atoms with Crippen LogP contribution in [0.15, 0.2) is 103 Å². The lowest BCUT2D eigenvalue weighted by molar-refractivity contribution is 0.0198. The number of halogens is 1. The van der Waals surface area contributed by atoms with Crippen molar-refractivity contribution in [1.82, 2.24) is 5.32 Å². The summed E-state index contributed by atoms with van der Waals surface area (Å²) in [7, 11) is 3.20. The summed E-state index contributed by atoms with van der Waals surface area (Å²) in [5.74, 6) is 1.62. The van der Waals surface area contributed by atoms with Crippen molar-refractivity contribution in [3.63, 3.8) is 0 Å². The fourth-order valence-corrected chi connectivity index (χ4v) is 4.05. The lowest BCUT2D eigenvalue weighted by Crippen LogP contribution is -2.40. The van der Waals surface area contributed by atoms with Gasteiger partial charge in [0.15, 0.2) is 17.7 Å². The predicted molar refractivity (Wildman–Crippen MR) is 155 cm³/mol. The molecule has 0 saturated carbocycles. The van der Waals surface area contributed by atoms with Gasteiger partial charge in [0.25, 0.3) is 0 Å². The maximum atomic E-state index is 13.2. The van der Waals surface area contributed by atoms with Gasteiger partial charge in [0.05, 0.1) is 20.8 Å². The van der Waals surface area contributed by atoms with Crippen LogP contribution in [0.2, 0.25) is 0 Å². The molecule has 0 aliphatic heterocycles. The largest absolute Gasteiger partial charge is 0.493 e. The summed E-state index contributed by atoms with van der Waals surface area (Å²) in [6.45, 7) is 1.24. The minimum atomic E-state index is -0.786. The normalized spacial score (nSPS) is 11.2. The van der Waals surface area contributed by atoms with Crippen LogP contribution in [0, 0.1) is 0 Å². The monoisotopic (exact) mass is 547 g/mol. The molecule has 4 rings (SSSR count). The highest BCUT2D eigenvalue weighted by Crippen LogP contribution is 2.39. The second-order valence-corrected chi connectivity index (χ2v) is 8.71. The second-order valence-electron chi connectivity index (χ2n) is 8.71. The van der Waals surface area contributed by atoms with Crippen molar-refractivity contribution in [1.29, 1.82) is 0 Å². The van der Waals surface area contributed by atoms with Crippen LogP contribution in [0.3, 0.4) is 0 Å². The molecule has 4 aromatic rings. The standard InChI is InChI=1S/C32H33NO5.ClH/c1-35-28-20-26(21-29(31(28)36-2)37-22-24-12-6-3-7-13-24)18-19-33-32(30(34)27-16-10-5-11-17-27)38-23-25-14-8-4-9-15-25;/h3-17,20-21,32-33H,18-19,22-23H2,1-2H3;1H. The number of hydrogen-bond acceptors (Lipinski definition) is 6. The van der Waals surface area contributed by atoms with E-state index in [1.807, 2.05) is 91.0 Å². The van der Waals surface area contributed by atoms with Crippen molar-refractivity contribution in [2.24, 2.45) is 0 Å². The molecule has 4 aromatic carbocycles. The van der Waals surface area contributed by atoms with Gasteiger partial charge in [-0.15, -0.1) is 12.4 Å². The van der Waals surface area contributed by atoms with Crippen LogP contribution in [0.1, 0.15) is 27.0 Å². The van der Waals surface area contributed by atoms with E-state index in [2.05, 4.69) is 5.32 Å². The minimum absolute atomic E-state index is 0. The molecule has 0 aliphatic rings. The van der Waals surface area contributed by atoms with E-state index in [1.54, 1.807) is 26.4 Å². The van der Waals surface area contributed by atoms with Gasteiger partial charge in [0, 0.05) is 12.1 Å². The Bertz CT molecular complexity index is 1290. The SMILES string of the molecule is COc1cc(CCNC(OCc2ccccc2)C(=O)c2ccccc2)cc(OCc2ccccc2)c1OC.Cl. The second kappa shape index (κ2) is 15.5. The first-order valence-electron chi connectivity index (χ1n) is 12.6. The smallest absolute Gasteiger partial charge is 0.206 e. The van der Waals surface area contributed by atoms with Crippen LogP contribution in [0.5, 0.6) is 17.2 Å². The Morgan fingerprint density at radius 1 is 0.718 bits per heavy atom.